The average Bonchev–Trinajstić information content (AvgIpc) is 2.06. The third-order valence-corrected chi connectivity index (χ3v) is 2.19. The summed E-state index contributed by atoms with van der Waals surface area (Å²) in [6, 6.07) is 0. The maximum absolute atomic E-state index is 9.24. The Morgan fingerprint density at radius 2 is 1.91 bits per heavy atom. The van der Waals surface area contributed by atoms with Gasteiger partial charge in [0.2, 0.25) is 0 Å². The van der Waals surface area contributed by atoms with E-state index < -0.39 is 0 Å². The summed E-state index contributed by atoms with van der Waals surface area (Å²) >= 11 is 0. The van der Waals surface area contributed by atoms with Gasteiger partial charge >= 0.3 is 0 Å². The van der Waals surface area contributed by atoms with Gasteiger partial charge in [-0.3, -0.25) is 0 Å². The Balaban J connectivity index is 2.13. The van der Waals surface area contributed by atoms with Crippen molar-refractivity contribution in [1.29, 1.82) is 0 Å². The zero-order chi connectivity index (χ0) is 8.10. The van der Waals surface area contributed by atoms with Crippen LogP contribution in [0, 0.1) is 0 Å². The van der Waals surface area contributed by atoms with Gasteiger partial charge in [-0.2, -0.15) is 0 Å². The SMILES string of the molecule is NC[C@H](O)CN1CCCCC1. The number of hydrogen-bond acceptors (Lipinski definition) is 3. The minimum atomic E-state index is -0.326. The van der Waals surface area contributed by atoms with Gasteiger partial charge in [0, 0.05) is 13.1 Å². The summed E-state index contributed by atoms with van der Waals surface area (Å²) in [5.41, 5.74) is 5.31. The van der Waals surface area contributed by atoms with Crippen molar-refractivity contribution in [2.24, 2.45) is 5.73 Å². The molecule has 1 aliphatic rings. The molecule has 0 aromatic carbocycles. The molecule has 3 N–H and O–H groups in total. The monoisotopic (exact) mass is 158 g/mol. The fraction of sp³-hybridized carbons (Fsp3) is 1.00. The molecule has 0 aliphatic carbocycles. The van der Waals surface area contributed by atoms with E-state index in [4.69, 9.17) is 5.73 Å². The van der Waals surface area contributed by atoms with E-state index in [1.54, 1.807) is 0 Å². The summed E-state index contributed by atoms with van der Waals surface area (Å²) in [6.45, 7) is 3.42. The van der Waals surface area contributed by atoms with Crippen molar-refractivity contribution >= 4 is 0 Å². The predicted octanol–water partition coefficient (Wildman–Crippen LogP) is -0.208. The first kappa shape index (κ1) is 8.97. The third kappa shape index (κ3) is 3.18. The smallest absolute Gasteiger partial charge is 0.0789 e. The van der Waals surface area contributed by atoms with E-state index in [-0.39, 0.29) is 6.10 Å². The van der Waals surface area contributed by atoms with Crippen molar-refractivity contribution in [2.75, 3.05) is 26.2 Å². The number of likely N-dealkylation sites (tertiary alicyclic amines) is 1. The normalized spacial score (nSPS) is 23.5. The van der Waals surface area contributed by atoms with Gasteiger partial charge in [-0.25, -0.2) is 0 Å². The van der Waals surface area contributed by atoms with Crippen LogP contribution in [0.25, 0.3) is 0 Å². The van der Waals surface area contributed by atoms with E-state index in [2.05, 4.69) is 4.90 Å². The molecular weight excluding hydrogens is 140 g/mol. The van der Waals surface area contributed by atoms with Gasteiger partial charge in [-0.15, -0.1) is 0 Å². The molecule has 11 heavy (non-hydrogen) atoms. The van der Waals surface area contributed by atoms with Crippen LogP contribution in [-0.2, 0) is 0 Å². The lowest BCUT2D eigenvalue weighted by Gasteiger charge is -2.27. The Morgan fingerprint density at radius 3 is 2.45 bits per heavy atom. The molecule has 1 heterocycles. The van der Waals surface area contributed by atoms with Gasteiger partial charge in [-0.05, 0) is 25.9 Å². The van der Waals surface area contributed by atoms with E-state index in [1.807, 2.05) is 0 Å². The van der Waals surface area contributed by atoms with Gasteiger partial charge in [0.1, 0.15) is 0 Å². The number of hydrogen-bond donors (Lipinski definition) is 2. The van der Waals surface area contributed by atoms with Gasteiger partial charge in [0.15, 0.2) is 0 Å². The van der Waals surface area contributed by atoms with Crippen LogP contribution in [0.1, 0.15) is 19.3 Å². The summed E-state index contributed by atoms with van der Waals surface area (Å²) in [7, 11) is 0. The van der Waals surface area contributed by atoms with Gasteiger partial charge in [-0.1, -0.05) is 6.42 Å². The van der Waals surface area contributed by atoms with Crippen molar-refractivity contribution in [2.45, 2.75) is 25.4 Å². The predicted molar refractivity (Wildman–Crippen MR) is 45.4 cm³/mol. The maximum Gasteiger partial charge on any atom is 0.0789 e. The lowest BCUT2D eigenvalue weighted by molar-refractivity contribution is 0.107. The molecule has 0 spiro atoms. The highest BCUT2D eigenvalue weighted by atomic mass is 16.3. The second-order valence-electron chi connectivity index (χ2n) is 3.25. The molecule has 0 aromatic rings. The van der Waals surface area contributed by atoms with Crippen LogP contribution in [0.4, 0.5) is 0 Å². The van der Waals surface area contributed by atoms with Gasteiger partial charge < -0.3 is 15.7 Å². The maximum atomic E-state index is 9.24. The van der Waals surface area contributed by atoms with Crippen LogP contribution in [0.2, 0.25) is 0 Å². The first-order valence-electron chi connectivity index (χ1n) is 4.43. The molecule has 0 bridgehead atoms. The molecule has 1 fully saturated rings. The number of aliphatic hydroxyl groups excluding tert-OH is 1. The molecule has 1 saturated heterocycles. The van der Waals surface area contributed by atoms with Crippen LogP contribution in [0.5, 0.6) is 0 Å². The van der Waals surface area contributed by atoms with Gasteiger partial charge in [0.25, 0.3) is 0 Å². The number of nitrogens with two attached hydrogens (primary N) is 1. The molecule has 3 heteroatoms. The molecule has 1 aliphatic heterocycles. The Bertz CT molecular complexity index is 102. The fourth-order valence-electron chi connectivity index (χ4n) is 1.51. The van der Waals surface area contributed by atoms with E-state index in [0.717, 1.165) is 19.6 Å². The molecule has 0 saturated carbocycles. The standard InChI is InChI=1S/C8H18N2O/c9-6-8(11)7-10-4-2-1-3-5-10/h8,11H,1-7,9H2/t8-/m0/s1. The van der Waals surface area contributed by atoms with Crippen molar-refractivity contribution in [3.63, 3.8) is 0 Å². The minimum absolute atomic E-state index is 0.326. The molecule has 0 unspecified atom stereocenters. The quantitative estimate of drug-likeness (QED) is 0.597. The zero-order valence-electron chi connectivity index (χ0n) is 7.00. The first-order chi connectivity index (χ1) is 5.33. The average molecular weight is 158 g/mol. The Hall–Kier alpha value is -0.120. The van der Waals surface area contributed by atoms with Crippen LogP contribution in [0.3, 0.4) is 0 Å². The highest BCUT2D eigenvalue weighted by Gasteiger charge is 2.12. The summed E-state index contributed by atoms with van der Waals surface area (Å²) in [5, 5.41) is 9.24. The van der Waals surface area contributed by atoms with Crippen molar-refractivity contribution in [1.82, 2.24) is 4.90 Å². The van der Waals surface area contributed by atoms with Crippen LogP contribution in [-0.4, -0.2) is 42.3 Å². The lowest BCUT2D eigenvalue weighted by atomic mass is 10.1. The summed E-state index contributed by atoms with van der Waals surface area (Å²) in [5.74, 6) is 0. The molecule has 0 aromatic heterocycles. The number of aliphatic hydroxyl groups is 1. The highest BCUT2D eigenvalue weighted by molar-refractivity contribution is 4.68. The van der Waals surface area contributed by atoms with Crippen LogP contribution < -0.4 is 5.73 Å². The second kappa shape index (κ2) is 4.70. The Kier molecular flexibility index (Phi) is 3.83. The lowest BCUT2D eigenvalue weighted by Crippen LogP contribution is -2.39. The molecule has 0 radical (unpaired) electrons. The van der Waals surface area contributed by atoms with Crippen LogP contribution >= 0.6 is 0 Å². The van der Waals surface area contributed by atoms with E-state index in [1.165, 1.54) is 19.3 Å². The number of piperidine rings is 1. The molecular formula is C8H18N2O. The highest BCUT2D eigenvalue weighted by Crippen LogP contribution is 2.08. The first-order valence-corrected chi connectivity index (χ1v) is 4.43. The Labute approximate surface area is 68.2 Å². The zero-order valence-corrected chi connectivity index (χ0v) is 7.00. The molecule has 1 rings (SSSR count). The minimum Gasteiger partial charge on any atom is -0.390 e. The summed E-state index contributed by atoms with van der Waals surface area (Å²) < 4.78 is 0. The third-order valence-electron chi connectivity index (χ3n) is 2.19. The Morgan fingerprint density at radius 1 is 1.27 bits per heavy atom. The van der Waals surface area contributed by atoms with E-state index in [9.17, 15) is 5.11 Å². The molecule has 66 valence electrons. The van der Waals surface area contributed by atoms with Gasteiger partial charge in [0.05, 0.1) is 6.10 Å². The second-order valence-corrected chi connectivity index (χ2v) is 3.25. The summed E-state index contributed by atoms with van der Waals surface area (Å²) in [6.07, 6.45) is 3.57. The molecule has 0 amide bonds. The van der Waals surface area contributed by atoms with Crippen molar-refractivity contribution in [3.8, 4) is 0 Å². The van der Waals surface area contributed by atoms with E-state index >= 15 is 0 Å². The summed E-state index contributed by atoms with van der Waals surface area (Å²) in [4.78, 5) is 2.29. The molecule has 3 nitrogen and oxygen atoms in total. The fourth-order valence-corrected chi connectivity index (χ4v) is 1.51. The number of rotatable bonds is 3. The van der Waals surface area contributed by atoms with E-state index in [0.29, 0.717) is 6.54 Å². The largest absolute Gasteiger partial charge is 0.390 e. The van der Waals surface area contributed by atoms with Crippen molar-refractivity contribution < 1.29 is 5.11 Å². The topological polar surface area (TPSA) is 49.5 Å². The van der Waals surface area contributed by atoms with Crippen LogP contribution in [0.15, 0.2) is 0 Å². The molecule has 1 atom stereocenters. The van der Waals surface area contributed by atoms with Crippen molar-refractivity contribution in [3.05, 3.63) is 0 Å². The number of nitrogens with zero attached hydrogens (tertiary/aromatic N) is 1. The number of β-amino-alcohol motifs (C(OH)–C–C–N with tert-alkyl or cyclic N) is 1.